The number of rotatable bonds is 12. The molecule has 1 heterocycles. The summed E-state index contributed by atoms with van der Waals surface area (Å²) in [4.78, 5) is 12.6. The Labute approximate surface area is 148 Å². The quantitative estimate of drug-likeness (QED) is 0.295. The van der Waals surface area contributed by atoms with E-state index in [0.717, 1.165) is 50.5 Å². The third kappa shape index (κ3) is 3.63. The monoisotopic (exact) mass is 332 g/mol. The number of ether oxygens (including phenoxy) is 1. The lowest BCUT2D eigenvalue weighted by atomic mass is 9.90. The van der Waals surface area contributed by atoms with Crippen molar-refractivity contribution in [2.75, 3.05) is 0 Å². The van der Waals surface area contributed by atoms with E-state index in [2.05, 4.69) is 27.7 Å². The molecule has 0 saturated heterocycles. The van der Waals surface area contributed by atoms with Crippen LogP contribution in [0.15, 0.2) is 22.3 Å². The van der Waals surface area contributed by atoms with E-state index >= 15 is 0 Å². The SMILES string of the molecule is CCCCC1=C(CCCC)C2(OC1=O)C(CCCC)=C2CCCC. The van der Waals surface area contributed by atoms with Gasteiger partial charge in [-0.25, -0.2) is 4.79 Å². The third-order valence-electron chi connectivity index (χ3n) is 5.55. The minimum absolute atomic E-state index is 0.0185. The van der Waals surface area contributed by atoms with E-state index in [1.54, 1.807) is 0 Å². The van der Waals surface area contributed by atoms with E-state index in [9.17, 15) is 4.79 Å². The molecule has 1 spiro atoms. The standard InChI is InChI=1S/C22H36O2/c1-5-9-13-17-18(14-10-6-2)22(24-21(17)23)19(15-11-7-3)20(22)16-12-8-4/h5-16H2,1-4H3. The average Bonchev–Trinajstić information content (AvgIpc) is 3.08. The minimum atomic E-state index is -0.348. The predicted molar refractivity (Wildman–Crippen MR) is 101 cm³/mol. The van der Waals surface area contributed by atoms with E-state index < -0.39 is 0 Å². The van der Waals surface area contributed by atoms with Crippen molar-refractivity contribution in [2.24, 2.45) is 0 Å². The second-order valence-electron chi connectivity index (χ2n) is 7.40. The second-order valence-corrected chi connectivity index (χ2v) is 7.40. The number of esters is 1. The number of carbonyl (C=O) groups is 1. The van der Waals surface area contributed by atoms with Gasteiger partial charge in [-0.3, -0.25) is 0 Å². The van der Waals surface area contributed by atoms with Crippen molar-refractivity contribution in [1.82, 2.24) is 0 Å². The Morgan fingerprint density at radius 1 is 0.667 bits per heavy atom. The molecule has 24 heavy (non-hydrogen) atoms. The van der Waals surface area contributed by atoms with Crippen LogP contribution in [0.4, 0.5) is 0 Å². The zero-order chi connectivity index (χ0) is 17.6. The summed E-state index contributed by atoms with van der Waals surface area (Å²) in [6, 6.07) is 0. The molecule has 2 nitrogen and oxygen atoms in total. The maximum absolute atomic E-state index is 12.6. The highest BCUT2D eigenvalue weighted by molar-refractivity contribution is 5.96. The summed E-state index contributed by atoms with van der Waals surface area (Å²) in [5.41, 5.74) is 4.94. The fourth-order valence-corrected chi connectivity index (χ4v) is 4.10. The summed E-state index contributed by atoms with van der Waals surface area (Å²) >= 11 is 0. The molecule has 2 aliphatic rings. The topological polar surface area (TPSA) is 26.3 Å². The third-order valence-corrected chi connectivity index (χ3v) is 5.55. The number of hydrogen-bond donors (Lipinski definition) is 0. The summed E-state index contributed by atoms with van der Waals surface area (Å²) in [5, 5.41) is 0. The number of carbonyl (C=O) groups excluding carboxylic acids is 1. The Bertz CT molecular complexity index is 492. The van der Waals surface area contributed by atoms with Gasteiger partial charge in [0, 0.05) is 5.57 Å². The molecule has 0 aromatic carbocycles. The molecule has 0 bridgehead atoms. The van der Waals surface area contributed by atoms with Gasteiger partial charge < -0.3 is 4.74 Å². The van der Waals surface area contributed by atoms with Gasteiger partial charge in [0.25, 0.3) is 0 Å². The first-order valence-corrected chi connectivity index (χ1v) is 10.4. The highest BCUT2D eigenvalue weighted by Crippen LogP contribution is 2.61. The van der Waals surface area contributed by atoms with Crippen LogP contribution >= 0.6 is 0 Å². The molecule has 1 aliphatic carbocycles. The Morgan fingerprint density at radius 2 is 1.08 bits per heavy atom. The number of hydrogen-bond acceptors (Lipinski definition) is 2. The molecule has 0 unspecified atom stereocenters. The van der Waals surface area contributed by atoms with Crippen LogP contribution in [0.3, 0.4) is 0 Å². The fourth-order valence-electron chi connectivity index (χ4n) is 4.10. The molecule has 0 N–H and O–H groups in total. The maximum atomic E-state index is 12.6. The molecule has 1 aliphatic heterocycles. The molecule has 2 heteroatoms. The summed E-state index contributed by atoms with van der Waals surface area (Å²) in [5.74, 6) is -0.0185. The van der Waals surface area contributed by atoms with E-state index in [-0.39, 0.29) is 11.6 Å². The van der Waals surface area contributed by atoms with Crippen molar-refractivity contribution in [3.63, 3.8) is 0 Å². The molecule has 0 radical (unpaired) electrons. The average molecular weight is 333 g/mol. The van der Waals surface area contributed by atoms with Crippen LogP contribution in [-0.4, -0.2) is 11.6 Å². The van der Waals surface area contributed by atoms with Crippen molar-refractivity contribution < 1.29 is 9.53 Å². The van der Waals surface area contributed by atoms with Gasteiger partial charge in [0.05, 0.1) is 0 Å². The van der Waals surface area contributed by atoms with Crippen LogP contribution in [0, 0.1) is 0 Å². The van der Waals surface area contributed by atoms with Crippen LogP contribution in [0.1, 0.15) is 105 Å². The molecule has 0 fully saturated rings. The Balaban J connectivity index is 2.28. The lowest BCUT2D eigenvalue weighted by Gasteiger charge is -2.18. The molecular weight excluding hydrogens is 296 g/mol. The fraction of sp³-hybridized carbons (Fsp3) is 0.773. The van der Waals surface area contributed by atoms with Gasteiger partial charge in [-0.05, 0) is 68.1 Å². The molecule has 136 valence electrons. The molecule has 0 aromatic rings. The Morgan fingerprint density at radius 3 is 1.54 bits per heavy atom. The van der Waals surface area contributed by atoms with Crippen molar-refractivity contribution in [1.29, 1.82) is 0 Å². The molecule has 0 saturated carbocycles. The smallest absolute Gasteiger partial charge is 0.335 e. The van der Waals surface area contributed by atoms with E-state index in [1.807, 2.05) is 0 Å². The lowest BCUT2D eigenvalue weighted by molar-refractivity contribution is -0.140. The second kappa shape index (κ2) is 8.87. The van der Waals surface area contributed by atoms with Gasteiger partial charge >= 0.3 is 5.97 Å². The largest absolute Gasteiger partial charge is 0.442 e. The molecule has 0 amide bonds. The first-order chi connectivity index (χ1) is 11.7. The van der Waals surface area contributed by atoms with Crippen LogP contribution in [0.25, 0.3) is 0 Å². The summed E-state index contributed by atoms with van der Waals surface area (Å²) < 4.78 is 6.11. The van der Waals surface area contributed by atoms with Gasteiger partial charge in [0.15, 0.2) is 5.60 Å². The molecule has 0 aromatic heterocycles. The Kier molecular flexibility index (Phi) is 7.13. The van der Waals surface area contributed by atoms with Crippen molar-refractivity contribution in [3.05, 3.63) is 22.3 Å². The van der Waals surface area contributed by atoms with Crippen LogP contribution < -0.4 is 0 Å². The normalized spacial score (nSPS) is 18.8. The zero-order valence-electron chi connectivity index (χ0n) is 16.3. The first kappa shape index (κ1) is 19.3. The molecule has 2 rings (SSSR count). The summed E-state index contributed by atoms with van der Waals surface area (Å²) in [6.07, 6.45) is 13.5. The van der Waals surface area contributed by atoms with Gasteiger partial charge in [0.1, 0.15) is 0 Å². The Hall–Kier alpha value is -1.05. The van der Waals surface area contributed by atoms with E-state index in [0.29, 0.717) is 0 Å². The van der Waals surface area contributed by atoms with Gasteiger partial charge in [0.2, 0.25) is 0 Å². The van der Waals surface area contributed by atoms with Crippen molar-refractivity contribution >= 4 is 5.97 Å². The maximum Gasteiger partial charge on any atom is 0.335 e. The summed E-state index contributed by atoms with van der Waals surface area (Å²) in [6.45, 7) is 8.90. The highest BCUT2D eigenvalue weighted by Gasteiger charge is 2.61. The molecular formula is C22H36O2. The first-order valence-electron chi connectivity index (χ1n) is 10.4. The van der Waals surface area contributed by atoms with Crippen LogP contribution in [0.2, 0.25) is 0 Å². The predicted octanol–water partition coefficient (Wildman–Crippen LogP) is 6.65. The van der Waals surface area contributed by atoms with E-state index in [4.69, 9.17) is 4.74 Å². The van der Waals surface area contributed by atoms with Gasteiger partial charge in [-0.1, -0.05) is 53.4 Å². The van der Waals surface area contributed by atoms with Gasteiger partial charge in [-0.2, -0.15) is 0 Å². The van der Waals surface area contributed by atoms with Crippen molar-refractivity contribution in [3.8, 4) is 0 Å². The van der Waals surface area contributed by atoms with Gasteiger partial charge in [-0.15, -0.1) is 0 Å². The number of unbranched alkanes of at least 4 members (excludes halogenated alkanes) is 4. The minimum Gasteiger partial charge on any atom is -0.442 e. The van der Waals surface area contributed by atoms with Crippen molar-refractivity contribution in [2.45, 2.75) is 110 Å². The van der Waals surface area contributed by atoms with Crippen LogP contribution in [-0.2, 0) is 9.53 Å². The lowest BCUT2D eigenvalue weighted by Crippen LogP contribution is -2.20. The molecule has 0 atom stereocenters. The zero-order valence-corrected chi connectivity index (χ0v) is 16.3. The summed E-state index contributed by atoms with van der Waals surface area (Å²) in [7, 11) is 0. The van der Waals surface area contributed by atoms with E-state index in [1.165, 1.54) is 48.8 Å². The van der Waals surface area contributed by atoms with Crippen LogP contribution in [0.5, 0.6) is 0 Å². The highest BCUT2D eigenvalue weighted by atomic mass is 16.6.